The summed E-state index contributed by atoms with van der Waals surface area (Å²) in [4.78, 5) is 11.1. The fraction of sp³-hybridized carbons (Fsp3) is 0.818. The molecule has 0 radical (unpaired) electrons. The number of hydrogen-bond donors (Lipinski definition) is 2. The third kappa shape index (κ3) is 11.2. The zero-order valence-corrected chi connectivity index (χ0v) is 10.9. The Balaban J connectivity index is 3.24. The number of ether oxygens (including phenoxy) is 1. The summed E-state index contributed by atoms with van der Waals surface area (Å²) in [6.07, 6.45) is 4.46. The van der Waals surface area contributed by atoms with E-state index >= 15 is 0 Å². The van der Waals surface area contributed by atoms with Crippen LogP contribution in [0.25, 0.3) is 0 Å². The number of carbonyl (C=O) groups excluding carboxylic acids is 1. The molecule has 94 valence electrons. The normalized spacial score (nSPS) is 10.2. The van der Waals surface area contributed by atoms with E-state index in [0.717, 1.165) is 18.8 Å². The van der Waals surface area contributed by atoms with Crippen molar-refractivity contribution in [2.75, 3.05) is 13.2 Å². The molecule has 0 atom stereocenters. The van der Waals surface area contributed by atoms with Crippen LogP contribution in [0.3, 0.4) is 0 Å². The first-order valence-corrected chi connectivity index (χ1v) is 6.12. The van der Waals surface area contributed by atoms with Gasteiger partial charge < -0.3 is 15.8 Å². The van der Waals surface area contributed by atoms with Crippen LogP contribution in [0.5, 0.6) is 0 Å². The summed E-state index contributed by atoms with van der Waals surface area (Å²) in [6.45, 7) is 4.96. The number of carbonyl (C=O) groups is 1. The summed E-state index contributed by atoms with van der Waals surface area (Å²) in [5.74, 6) is 0.439. The first-order valence-electron chi connectivity index (χ1n) is 5.71. The molecular formula is C11H22N2O2S. The highest BCUT2D eigenvalue weighted by molar-refractivity contribution is 7.80. The molecule has 0 aromatic rings. The second kappa shape index (κ2) is 9.39. The van der Waals surface area contributed by atoms with Crippen LogP contribution in [-0.4, -0.2) is 24.2 Å². The molecule has 0 aromatic heterocycles. The van der Waals surface area contributed by atoms with Crippen molar-refractivity contribution in [3.63, 3.8) is 0 Å². The topological polar surface area (TPSA) is 64.3 Å². The van der Waals surface area contributed by atoms with Gasteiger partial charge in [0.1, 0.15) is 6.54 Å². The van der Waals surface area contributed by atoms with Crippen LogP contribution in [0.4, 0.5) is 0 Å². The van der Waals surface area contributed by atoms with E-state index in [1.54, 1.807) is 0 Å². The number of thiocarbonyl (C=S) groups is 1. The minimum absolute atomic E-state index is 0.0569. The molecule has 0 spiro atoms. The fourth-order valence-corrected chi connectivity index (χ4v) is 1.30. The van der Waals surface area contributed by atoms with E-state index in [2.05, 4.69) is 31.4 Å². The first-order chi connectivity index (χ1) is 7.52. The summed E-state index contributed by atoms with van der Waals surface area (Å²) in [7, 11) is 0. The lowest BCUT2D eigenvalue weighted by molar-refractivity contribution is -0.142. The molecule has 5 heteroatoms. The van der Waals surface area contributed by atoms with E-state index in [0.29, 0.717) is 6.61 Å². The van der Waals surface area contributed by atoms with Crippen LogP contribution in [0.2, 0.25) is 0 Å². The Hall–Kier alpha value is -0.840. The third-order valence-corrected chi connectivity index (χ3v) is 2.24. The van der Waals surface area contributed by atoms with E-state index in [-0.39, 0.29) is 17.6 Å². The van der Waals surface area contributed by atoms with Gasteiger partial charge in [0.15, 0.2) is 5.11 Å². The molecule has 0 saturated carbocycles. The number of nitrogens with two attached hydrogens (primary N) is 1. The molecular weight excluding hydrogens is 224 g/mol. The molecule has 0 aromatic carbocycles. The van der Waals surface area contributed by atoms with Crippen molar-refractivity contribution in [3.8, 4) is 0 Å². The maximum Gasteiger partial charge on any atom is 0.325 e. The van der Waals surface area contributed by atoms with Gasteiger partial charge >= 0.3 is 5.97 Å². The zero-order chi connectivity index (χ0) is 12.4. The Kier molecular flexibility index (Phi) is 8.90. The molecule has 0 unspecified atom stereocenters. The molecule has 4 nitrogen and oxygen atoms in total. The maximum atomic E-state index is 11.1. The lowest BCUT2D eigenvalue weighted by atomic mass is 10.1. The average molecular weight is 246 g/mol. The van der Waals surface area contributed by atoms with E-state index in [1.807, 2.05) is 0 Å². The maximum absolute atomic E-state index is 11.1. The monoisotopic (exact) mass is 246 g/mol. The van der Waals surface area contributed by atoms with Crippen molar-refractivity contribution >= 4 is 23.3 Å². The summed E-state index contributed by atoms with van der Waals surface area (Å²) >= 11 is 4.57. The van der Waals surface area contributed by atoms with Gasteiger partial charge in [-0.1, -0.05) is 33.1 Å². The van der Waals surface area contributed by atoms with Gasteiger partial charge in [-0.05, 0) is 24.6 Å². The van der Waals surface area contributed by atoms with E-state index in [1.165, 1.54) is 12.8 Å². The standard InChI is InChI=1S/C11H22N2O2S/c1-9(2)6-4-3-5-7-15-10(14)8-13-11(12)16/h9H,3-8H2,1-2H3,(H3,12,13,16). The number of unbranched alkanes of at least 4 members (excludes halogenated alkanes) is 2. The highest BCUT2D eigenvalue weighted by atomic mass is 32.1. The van der Waals surface area contributed by atoms with Crippen LogP contribution in [0.15, 0.2) is 0 Å². The lowest BCUT2D eigenvalue weighted by Gasteiger charge is -2.06. The van der Waals surface area contributed by atoms with Crippen LogP contribution in [-0.2, 0) is 9.53 Å². The summed E-state index contributed by atoms with van der Waals surface area (Å²) in [5, 5.41) is 2.67. The van der Waals surface area contributed by atoms with Crippen LogP contribution in [0, 0.1) is 5.92 Å². The largest absolute Gasteiger partial charge is 0.464 e. The van der Waals surface area contributed by atoms with Crippen molar-refractivity contribution in [1.29, 1.82) is 0 Å². The minimum atomic E-state index is -0.309. The van der Waals surface area contributed by atoms with E-state index < -0.39 is 0 Å². The number of esters is 1. The molecule has 0 bridgehead atoms. The summed E-state index contributed by atoms with van der Waals surface area (Å²) < 4.78 is 4.98. The van der Waals surface area contributed by atoms with E-state index in [4.69, 9.17) is 10.5 Å². The van der Waals surface area contributed by atoms with E-state index in [9.17, 15) is 4.79 Å². The molecule has 0 saturated heterocycles. The molecule has 0 heterocycles. The van der Waals surface area contributed by atoms with Crippen LogP contribution in [0.1, 0.15) is 39.5 Å². The molecule has 0 amide bonds. The quantitative estimate of drug-likeness (QED) is 0.387. The van der Waals surface area contributed by atoms with Crippen molar-refractivity contribution in [1.82, 2.24) is 5.32 Å². The molecule has 0 aliphatic carbocycles. The van der Waals surface area contributed by atoms with Gasteiger partial charge in [0.05, 0.1) is 6.61 Å². The van der Waals surface area contributed by atoms with Gasteiger partial charge in [0, 0.05) is 0 Å². The Labute approximate surface area is 103 Å². The lowest BCUT2D eigenvalue weighted by Crippen LogP contribution is -2.34. The smallest absolute Gasteiger partial charge is 0.325 e. The van der Waals surface area contributed by atoms with Crippen molar-refractivity contribution in [3.05, 3.63) is 0 Å². The van der Waals surface area contributed by atoms with Crippen molar-refractivity contribution in [2.45, 2.75) is 39.5 Å². The molecule has 0 aliphatic rings. The fourth-order valence-electron chi connectivity index (χ4n) is 1.23. The van der Waals surface area contributed by atoms with Crippen LogP contribution < -0.4 is 11.1 Å². The van der Waals surface area contributed by atoms with Gasteiger partial charge in [0.2, 0.25) is 0 Å². The number of hydrogen-bond acceptors (Lipinski definition) is 3. The van der Waals surface area contributed by atoms with Crippen LogP contribution >= 0.6 is 12.2 Å². The summed E-state index contributed by atoms with van der Waals surface area (Å²) in [6, 6.07) is 0. The second-order valence-corrected chi connectivity index (χ2v) is 4.62. The molecule has 3 N–H and O–H groups in total. The molecule has 0 fully saturated rings. The zero-order valence-electron chi connectivity index (χ0n) is 10.1. The Morgan fingerprint density at radius 1 is 1.38 bits per heavy atom. The Morgan fingerprint density at radius 3 is 2.62 bits per heavy atom. The first kappa shape index (κ1) is 15.2. The van der Waals surface area contributed by atoms with Gasteiger partial charge in [-0.25, -0.2) is 0 Å². The second-order valence-electron chi connectivity index (χ2n) is 4.18. The highest BCUT2D eigenvalue weighted by Crippen LogP contribution is 2.07. The predicted molar refractivity (Wildman–Crippen MR) is 69.1 cm³/mol. The Morgan fingerprint density at radius 2 is 2.06 bits per heavy atom. The third-order valence-electron chi connectivity index (χ3n) is 2.10. The Bertz CT molecular complexity index is 220. The van der Waals surface area contributed by atoms with Crippen molar-refractivity contribution in [2.24, 2.45) is 11.7 Å². The van der Waals surface area contributed by atoms with Gasteiger partial charge in [-0.2, -0.15) is 0 Å². The van der Waals surface area contributed by atoms with Crippen molar-refractivity contribution < 1.29 is 9.53 Å². The average Bonchev–Trinajstić information content (AvgIpc) is 2.19. The SMILES string of the molecule is CC(C)CCCCCOC(=O)CNC(N)=S. The van der Waals surface area contributed by atoms with Gasteiger partial charge in [0.25, 0.3) is 0 Å². The number of nitrogens with one attached hydrogen (secondary N) is 1. The minimum Gasteiger partial charge on any atom is -0.464 e. The summed E-state index contributed by atoms with van der Waals surface area (Å²) in [5.41, 5.74) is 5.18. The van der Waals surface area contributed by atoms with Gasteiger partial charge in [-0.3, -0.25) is 4.79 Å². The molecule has 0 rings (SSSR count). The number of rotatable bonds is 8. The van der Waals surface area contributed by atoms with Gasteiger partial charge in [-0.15, -0.1) is 0 Å². The molecule has 16 heavy (non-hydrogen) atoms. The highest BCUT2D eigenvalue weighted by Gasteiger charge is 2.02. The predicted octanol–water partition coefficient (Wildman–Crippen LogP) is 1.58. The molecule has 0 aliphatic heterocycles.